The normalized spacial score (nSPS) is 15.0. The summed E-state index contributed by atoms with van der Waals surface area (Å²) in [6.07, 6.45) is 5.32. The van der Waals surface area contributed by atoms with Crippen molar-refractivity contribution in [1.82, 2.24) is 10.2 Å². The van der Waals surface area contributed by atoms with E-state index in [9.17, 15) is 9.59 Å². The molecule has 1 saturated carbocycles. The van der Waals surface area contributed by atoms with E-state index in [-0.39, 0.29) is 17.9 Å². The quantitative estimate of drug-likeness (QED) is 0.652. The maximum atomic E-state index is 13.5. The molecule has 2 amide bonds. The third-order valence-electron chi connectivity index (χ3n) is 6.45. The second-order valence-electron chi connectivity index (χ2n) is 9.02. The lowest BCUT2D eigenvalue weighted by molar-refractivity contribution is -0.141. The van der Waals surface area contributed by atoms with Gasteiger partial charge in [0.25, 0.3) is 0 Å². The lowest BCUT2D eigenvalue weighted by Gasteiger charge is -2.31. The maximum Gasteiger partial charge on any atom is 0.243 e. The second-order valence-corrected chi connectivity index (χ2v) is 9.02. The van der Waals surface area contributed by atoms with Crippen LogP contribution in [-0.2, 0) is 22.6 Å². The molecule has 0 heterocycles. The van der Waals surface area contributed by atoms with Gasteiger partial charge >= 0.3 is 0 Å². The van der Waals surface area contributed by atoms with Crippen molar-refractivity contribution in [3.63, 3.8) is 0 Å². The van der Waals surface area contributed by atoms with Crippen molar-refractivity contribution in [2.24, 2.45) is 0 Å². The fourth-order valence-electron chi connectivity index (χ4n) is 4.48. The molecule has 3 rings (SSSR count). The summed E-state index contributed by atoms with van der Waals surface area (Å²) in [4.78, 5) is 28.5. The van der Waals surface area contributed by atoms with Crippen molar-refractivity contribution in [3.05, 3.63) is 70.3 Å². The zero-order valence-electron chi connectivity index (χ0n) is 19.4. The highest BCUT2D eigenvalue weighted by molar-refractivity contribution is 5.88. The van der Waals surface area contributed by atoms with Crippen LogP contribution >= 0.6 is 0 Å². The molecular weight excluding hydrogens is 384 g/mol. The van der Waals surface area contributed by atoms with Gasteiger partial charge in [-0.05, 0) is 62.3 Å². The van der Waals surface area contributed by atoms with E-state index in [1.165, 1.54) is 24.0 Å². The predicted molar refractivity (Wildman–Crippen MR) is 126 cm³/mol. The molecule has 2 aromatic carbocycles. The van der Waals surface area contributed by atoms with Gasteiger partial charge in [-0.3, -0.25) is 9.59 Å². The number of rotatable bonds is 8. The Balaban J connectivity index is 1.83. The van der Waals surface area contributed by atoms with Gasteiger partial charge in [-0.1, -0.05) is 67.8 Å². The summed E-state index contributed by atoms with van der Waals surface area (Å²) in [7, 11) is 0. The summed E-state index contributed by atoms with van der Waals surface area (Å²) in [5.41, 5.74) is 5.60. The van der Waals surface area contributed by atoms with Crippen LogP contribution in [0.1, 0.15) is 66.8 Å². The minimum Gasteiger partial charge on any atom is -0.352 e. The molecule has 1 aliphatic carbocycles. The van der Waals surface area contributed by atoms with Gasteiger partial charge in [-0.2, -0.15) is 0 Å². The molecule has 4 heteroatoms. The molecule has 1 fully saturated rings. The molecule has 1 atom stereocenters. The Hall–Kier alpha value is -2.62. The molecule has 0 spiro atoms. The number of hydrogen-bond donors (Lipinski definition) is 1. The van der Waals surface area contributed by atoms with Crippen LogP contribution in [0, 0.1) is 20.8 Å². The van der Waals surface area contributed by atoms with E-state index in [0.29, 0.717) is 19.4 Å². The molecule has 2 aromatic rings. The van der Waals surface area contributed by atoms with Crippen LogP contribution in [0.5, 0.6) is 0 Å². The van der Waals surface area contributed by atoms with E-state index >= 15 is 0 Å². The van der Waals surface area contributed by atoms with Crippen molar-refractivity contribution in [2.75, 3.05) is 0 Å². The van der Waals surface area contributed by atoms with Crippen molar-refractivity contribution < 1.29 is 9.59 Å². The summed E-state index contributed by atoms with van der Waals surface area (Å²) in [5, 5.41) is 3.21. The number of carbonyl (C=O) groups excluding carboxylic acids is 2. The van der Waals surface area contributed by atoms with E-state index < -0.39 is 6.04 Å². The maximum absolute atomic E-state index is 13.5. The topological polar surface area (TPSA) is 49.4 Å². The highest BCUT2D eigenvalue weighted by Gasteiger charge is 2.30. The van der Waals surface area contributed by atoms with E-state index in [4.69, 9.17) is 0 Å². The van der Waals surface area contributed by atoms with E-state index in [0.717, 1.165) is 29.5 Å². The van der Waals surface area contributed by atoms with Gasteiger partial charge in [0, 0.05) is 12.6 Å². The van der Waals surface area contributed by atoms with Gasteiger partial charge in [0.15, 0.2) is 0 Å². The van der Waals surface area contributed by atoms with Crippen LogP contribution in [0.2, 0.25) is 0 Å². The van der Waals surface area contributed by atoms with Crippen LogP contribution in [0.4, 0.5) is 0 Å². The summed E-state index contributed by atoms with van der Waals surface area (Å²) in [5.74, 6) is -0.0197. The number of benzene rings is 2. The number of aryl methyl sites for hydroxylation is 3. The van der Waals surface area contributed by atoms with Crippen molar-refractivity contribution in [3.8, 4) is 0 Å². The molecular formula is C27H36N2O2. The highest BCUT2D eigenvalue weighted by Crippen LogP contribution is 2.20. The largest absolute Gasteiger partial charge is 0.352 e. The molecule has 31 heavy (non-hydrogen) atoms. The average molecular weight is 421 g/mol. The van der Waals surface area contributed by atoms with Crippen LogP contribution in [0.25, 0.3) is 0 Å². The molecule has 0 aliphatic heterocycles. The van der Waals surface area contributed by atoms with Crippen LogP contribution in [0.15, 0.2) is 42.5 Å². The van der Waals surface area contributed by atoms with E-state index in [2.05, 4.69) is 50.4 Å². The molecule has 0 aromatic heterocycles. The molecule has 0 bridgehead atoms. The van der Waals surface area contributed by atoms with Crippen molar-refractivity contribution in [2.45, 2.75) is 84.8 Å². The zero-order valence-corrected chi connectivity index (χ0v) is 19.4. The van der Waals surface area contributed by atoms with Crippen LogP contribution < -0.4 is 5.32 Å². The zero-order chi connectivity index (χ0) is 22.4. The third kappa shape index (κ3) is 6.19. The highest BCUT2D eigenvalue weighted by atomic mass is 16.2. The minimum absolute atomic E-state index is 0.00168. The molecule has 1 N–H and O–H groups in total. The number of hydrogen-bond acceptors (Lipinski definition) is 2. The Bertz CT molecular complexity index is 915. The Morgan fingerprint density at radius 2 is 1.74 bits per heavy atom. The first-order valence-electron chi connectivity index (χ1n) is 11.6. The van der Waals surface area contributed by atoms with Gasteiger partial charge in [0.1, 0.15) is 6.04 Å². The summed E-state index contributed by atoms with van der Waals surface area (Å²) in [6, 6.07) is 14.1. The van der Waals surface area contributed by atoms with Gasteiger partial charge < -0.3 is 10.2 Å². The first-order chi connectivity index (χ1) is 14.9. The fourth-order valence-corrected chi connectivity index (χ4v) is 4.48. The Morgan fingerprint density at radius 3 is 2.39 bits per heavy atom. The molecule has 0 unspecified atom stereocenters. The Labute approximate surface area is 187 Å². The fraction of sp³-hybridized carbons (Fsp3) is 0.481. The van der Waals surface area contributed by atoms with Gasteiger partial charge in [-0.15, -0.1) is 0 Å². The predicted octanol–water partition coefficient (Wildman–Crippen LogP) is 5.02. The van der Waals surface area contributed by atoms with Crippen molar-refractivity contribution >= 4 is 11.8 Å². The molecule has 4 nitrogen and oxygen atoms in total. The summed E-state index contributed by atoms with van der Waals surface area (Å²) in [6.45, 7) is 8.63. The van der Waals surface area contributed by atoms with Gasteiger partial charge in [-0.25, -0.2) is 0 Å². The number of carbonyl (C=O) groups is 2. The molecule has 0 radical (unpaired) electrons. The van der Waals surface area contributed by atoms with Crippen LogP contribution in [-0.4, -0.2) is 28.8 Å². The second kappa shape index (κ2) is 10.6. The SMILES string of the molecule is CC[C@H](C(=O)NC1CCCC1)N(Cc1cccc(C)c1)C(=O)Cc1ccc(C)c(C)c1. The van der Waals surface area contributed by atoms with E-state index in [1.807, 2.05) is 25.1 Å². The number of nitrogens with one attached hydrogen (secondary N) is 1. The van der Waals surface area contributed by atoms with Gasteiger partial charge in [0.05, 0.1) is 6.42 Å². The standard InChI is InChI=1S/C27H36N2O2/c1-5-25(27(31)28-24-11-6-7-12-24)29(18-23-10-8-9-19(2)15-23)26(30)17-22-14-13-20(3)21(4)16-22/h8-10,13-16,24-25H,5-7,11-12,17-18H2,1-4H3,(H,28,31)/t25-/m1/s1. The molecule has 0 saturated heterocycles. The first-order valence-corrected chi connectivity index (χ1v) is 11.6. The number of nitrogens with zero attached hydrogens (tertiary/aromatic N) is 1. The summed E-state index contributed by atoms with van der Waals surface area (Å²) >= 11 is 0. The third-order valence-corrected chi connectivity index (χ3v) is 6.45. The van der Waals surface area contributed by atoms with Crippen molar-refractivity contribution in [1.29, 1.82) is 0 Å². The molecule has 166 valence electrons. The minimum atomic E-state index is -0.458. The lowest BCUT2D eigenvalue weighted by atomic mass is 10.0. The van der Waals surface area contributed by atoms with Gasteiger partial charge in [0.2, 0.25) is 11.8 Å². The molecule has 1 aliphatic rings. The number of amides is 2. The first kappa shape index (κ1) is 23.1. The summed E-state index contributed by atoms with van der Waals surface area (Å²) < 4.78 is 0. The van der Waals surface area contributed by atoms with E-state index in [1.54, 1.807) is 4.90 Å². The smallest absolute Gasteiger partial charge is 0.243 e. The monoisotopic (exact) mass is 420 g/mol. The lowest BCUT2D eigenvalue weighted by Crippen LogP contribution is -2.51. The van der Waals surface area contributed by atoms with Crippen LogP contribution in [0.3, 0.4) is 0 Å². The Kier molecular flexibility index (Phi) is 7.89. The Morgan fingerprint density at radius 1 is 1.00 bits per heavy atom. The average Bonchev–Trinajstić information content (AvgIpc) is 3.23.